The number of hydrogen-bond donors (Lipinski definition) is 0. The van der Waals surface area contributed by atoms with Crippen LogP contribution in [-0.2, 0) is 11.3 Å². The first-order chi connectivity index (χ1) is 17.0. The largest absolute Gasteiger partial charge is 0.366 e. The molecule has 1 aromatic heterocycles. The fraction of sp³-hybridized carbons (Fsp3) is 0.385. The van der Waals surface area contributed by atoms with Gasteiger partial charge in [0.15, 0.2) is 10.9 Å². The Balaban J connectivity index is 1.19. The van der Waals surface area contributed by atoms with E-state index in [4.69, 9.17) is 0 Å². The number of carbonyl (C=O) groups is 2. The van der Waals surface area contributed by atoms with Crippen LogP contribution in [0.5, 0.6) is 0 Å². The number of benzene rings is 2. The monoisotopic (exact) mass is 493 g/mol. The Bertz CT molecular complexity index is 1220. The number of aromatic nitrogens is 3. The highest BCUT2D eigenvalue weighted by Gasteiger charge is 2.31. The molecule has 7 nitrogen and oxygen atoms in total. The Labute approximate surface area is 208 Å². The topological polar surface area (TPSA) is 71.3 Å². The third-order valence-electron chi connectivity index (χ3n) is 6.52. The van der Waals surface area contributed by atoms with Crippen LogP contribution < -0.4 is 4.90 Å². The third-order valence-corrected chi connectivity index (χ3v) is 7.48. The molecule has 1 aliphatic carbocycles. The molecule has 0 radical (unpaired) electrons. The second-order valence-electron chi connectivity index (χ2n) is 9.07. The Morgan fingerprint density at radius 2 is 1.77 bits per heavy atom. The minimum atomic E-state index is -0.405. The third kappa shape index (κ3) is 5.40. The van der Waals surface area contributed by atoms with Gasteiger partial charge in [0.05, 0.1) is 18.0 Å². The highest BCUT2D eigenvalue weighted by atomic mass is 32.2. The lowest BCUT2D eigenvalue weighted by molar-refractivity contribution is -0.128. The summed E-state index contributed by atoms with van der Waals surface area (Å²) in [6.07, 6.45) is 2.28. The van der Waals surface area contributed by atoms with E-state index in [0.29, 0.717) is 55.6 Å². The van der Waals surface area contributed by atoms with Gasteiger partial charge in [-0.1, -0.05) is 42.1 Å². The predicted molar refractivity (Wildman–Crippen MR) is 133 cm³/mol. The summed E-state index contributed by atoms with van der Waals surface area (Å²) in [6.45, 7) is 4.26. The minimum Gasteiger partial charge on any atom is -0.366 e. The highest BCUT2D eigenvalue weighted by molar-refractivity contribution is 7.99. The second kappa shape index (κ2) is 10.2. The first-order valence-corrected chi connectivity index (χ1v) is 12.9. The number of carbonyl (C=O) groups excluding carboxylic acids is 2. The van der Waals surface area contributed by atoms with Crippen molar-refractivity contribution in [3.63, 3.8) is 0 Å². The number of nitrogens with zero attached hydrogens (tertiary/aromatic N) is 5. The van der Waals surface area contributed by atoms with Crippen molar-refractivity contribution >= 4 is 29.1 Å². The quantitative estimate of drug-likeness (QED) is 0.349. The van der Waals surface area contributed by atoms with Crippen molar-refractivity contribution in [3.8, 4) is 0 Å². The number of anilines is 1. The summed E-state index contributed by atoms with van der Waals surface area (Å²) in [6, 6.07) is 14.8. The molecule has 1 saturated carbocycles. The van der Waals surface area contributed by atoms with Gasteiger partial charge in [0.25, 0.3) is 0 Å². The summed E-state index contributed by atoms with van der Waals surface area (Å²) in [5, 5.41) is 9.61. The zero-order chi connectivity index (χ0) is 24.4. The standard InChI is InChI=1S/C26H28FN5O2S/c1-18(33)21-9-10-23(22(27)15-21)30-11-13-31(14-12-30)24(34)17-35-26-29-28-25(20-7-8-20)32(26)16-19-5-3-2-4-6-19/h2-6,9-10,15,20H,7-8,11-14,16-17H2,1H3. The van der Waals surface area contributed by atoms with Crippen molar-refractivity contribution in [2.75, 3.05) is 36.8 Å². The maximum Gasteiger partial charge on any atom is 0.233 e. The number of amides is 1. The molecule has 1 amide bonds. The molecule has 0 N–H and O–H groups in total. The molecule has 5 rings (SSSR count). The van der Waals surface area contributed by atoms with Crippen molar-refractivity contribution in [3.05, 3.63) is 71.3 Å². The lowest BCUT2D eigenvalue weighted by Crippen LogP contribution is -2.49. The van der Waals surface area contributed by atoms with Crippen LogP contribution in [0.4, 0.5) is 10.1 Å². The van der Waals surface area contributed by atoms with Gasteiger partial charge in [0.2, 0.25) is 5.91 Å². The maximum atomic E-state index is 14.5. The first kappa shape index (κ1) is 23.5. The van der Waals surface area contributed by atoms with E-state index in [9.17, 15) is 14.0 Å². The van der Waals surface area contributed by atoms with Gasteiger partial charge in [0.1, 0.15) is 11.6 Å². The summed E-state index contributed by atoms with van der Waals surface area (Å²) in [4.78, 5) is 28.2. The number of hydrogen-bond acceptors (Lipinski definition) is 6. The molecule has 2 aromatic carbocycles. The molecule has 182 valence electrons. The van der Waals surface area contributed by atoms with Gasteiger partial charge in [-0.2, -0.15) is 0 Å². The Hall–Kier alpha value is -3.20. The van der Waals surface area contributed by atoms with Crippen LogP contribution in [0.15, 0.2) is 53.7 Å². The number of piperazine rings is 1. The van der Waals surface area contributed by atoms with Gasteiger partial charge < -0.3 is 14.4 Å². The van der Waals surface area contributed by atoms with E-state index in [0.717, 1.165) is 23.8 Å². The molecule has 0 atom stereocenters. The molecule has 3 aromatic rings. The van der Waals surface area contributed by atoms with Crippen molar-refractivity contribution in [2.24, 2.45) is 0 Å². The smallest absolute Gasteiger partial charge is 0.233 e. The van der Waals surface area contributed by atoms with Gasteiger partial charge in [-0.3, -0.25) is 9.59 Å². The first-order valence-electron chi connectivity index (χ1n) is 11.9. The van der Waals surface area contributed by atoms with Gasteiger partial charge >= 0.3 is 0 Å². The van der Waals surface area contributed by atoms with E-state index in [1.54, 1.807) is 12.1 Å². The molecule has 1 aliphatic heterocycles. The van der Waals surface area contributed by atoms with Gasteiger partial charge in [0, 0.05) is 37.7 Å². The summed E-state index contributed by atoms with van der Waals surface area (Å²) in [5.41, 5.74) is 2.02. The van der Waals surface area contributed by atoms with Crippen LogP contribution in [0.1, 0.15) is 47.4 Å². The molecule has 2 heterocycles. The molecule has 2 aliphatic rings. The van der Waals surface area contributed by atoms with Gasteiger partial charge in [-0.15, -0.1) is 10.2 Å². The van der Waals surface area contributed by atoms with Crippen LogP contribution >= 0.6 is 11.8 Å². The number of ketones is 1. The number of thioether (sulfide) groups is 1. The van der Waals surface area contributed by atoms with Crippen molar-refractivity contribution in [2.45, 2.75) is 37.4 Å². The molecule has 0 unspecified atom stereocenters. The summed E-state index contributed by atoms with van der Waals surface area (Å²) >= 11 is 1.43. The van der Waals surface area contributed by atoms with E-state index in [2.05, 4.69) is 26.9 Å². The fourth-order valence-electron chi connectivity index (χ4n) is 4.36. The molecule has 0 spiro atoms. The van der Waals surface area contributed by atoms with Crippen LogP contribution in [0.3, 0.4) is 0 Å². The Kier molecular flexibility index (Phi) is 6.86. The van der Waals surface area contributed by atoms with E-state index < -0.39 is 5.82 Å². The molecule has 1 saturated heterocycles. The average Bonchev–Trinajstić information content (AvgIpc) is 3.64. The number of halogens is 1. The van der Waals surface area contributed by atoms with Crippen LogP contribution in [0, 0.1) is 5.82 Å². The average molecular weight is 494 g/mol. The summed E-state index contributed by atoms with van der Waals surface area (Å²) in [7, 11) is 0. The van der Waals surface area contributed by atoms with Crippen LogP contribution in [-0.4, -0.2) is 63.3 Å². The molecular formula is C26H28FN5O2S. The summed E-state index contributed by atoms with van der Waals surface area (Å²) < 4.78 is 16.7. The summed E-state index contributed by atoms with van der Waals surface area (Å²) in [5.74, 6) is 1.25. The second-order valence-corrected chi connectivity index (χ2v) is 10.0. The predicted octanol–water partition coefficient (Wildman–Crippen LogP) is 3.99. The van der Waals surface area contributed by atoms with E-state index >= 15 is 0 Å². The lowest BCUT2D eigenvalue weighted by Gasteiger charge is -2.36. The van der Waals surface area contributed by atoms with Gasteiger partial charge in [-0.05, 0) is 43.5 Å². The fourth-order valence-corrected chi connectivity index (χ4v) is 5.21. The number of Topliss-reactive ketones (excluding diaryl/α,β-unsaturated/α-hetero) is 1. The Morgan fingerprint density at radius 1 is 1.03 bits per heavy atom. The van der Waals surface area contributed by atoms with E-state index in [1.165, 1.54) is 30.3 Å². The van der Waals surface area contributed by atoms with Crippen LogP contribution in [0.25, 0.3) is 0 Å². The highest BCUT2D eigenvalue weighted by Crippen LogP contribution is 2.40. The molecule has 35 heavy (non-hydrogen) atoms. The normalized spacial score (nSPS) is 15.9. The zero-order valence-electron chi connectivity index (χ0n) is 19.7. The molecule has 9 heteroatoms. The molecule has 0 bridgehead atoms. The van der Waals surface area contributed by atoms with E-state index in [1.807, 2.05) is 28.0 Å². The maximum absolute atomic E-state index is 14.5. The van der Waals surface area contributed by atoms with Crippen molar-refractivity contribution in [1.82, 2.24) is 19.7 Å². The molecular weight excluding hydrogens is 465 g/mol. The Morgan fingerprint density at radius 3 is 2.43 bits per heavy atom. The van der Waals surface area contributed by atoms with Crippen LogP contribution in [0.2, 0.25) is 0 Å². The van der Waals surface area contributed by atoms with Crippen molar-refractivity contribution < 1.29 is 14.0 Å². The zero-order valence-corrected chi connectivity index (χ0v) is 20.5. The van der Waals surface area contributed by atoms with Gasteiger partial charge in [-0.25, -0.2) is 4.39 Å². The van der Waals surface area contributed by atoms with E-state index in [-0.39, 0.29) is 11.7 Å². The number of rotatable bonds is 8. The SMILES string of the molecule is CC(=O)c1ccc(N2CCN(C(=O)CSc3nnc(C4CC4)n3Cc3ccccc3)CC2)c(F)c1. The van der Waals surface area contributed by atoms with Crippen molar-refractivity contribution in [1.29, 1.82) is 0 Å². The lowest BCUT2D eigenvalue weighted by atomic mass is 10.1. The molecule has 2 fully saturated rings. The minimum absolute atomic E-state index is 0.0456.